The molecule has 1 rings (SSSR count). The molecule has 20 heavy (non-hydrogen) atoms. The van der Waals surface area contributed by atoms with Crippen LogP contribution in [0.5, 0.6) is 0 Å². The van der Waals surface area contributed by atoms with Gasteiger partial charge in [0.25, 0.3) is 0 Å². The van der Waals surface area contributed by atoms with Gasteiger partial charge in [-0.25, -0.2) is 8.42 Å². The molecule has 0 aliphatic rings. The van der Waals surface area contributed by atoms with Crippen molar-refractivity contribution in [2.24, 2.45) is 5.92 Å². The molecule has 5 heteroatoms. The van der Waals surface area contributed by atoms with E-state index >= 15 is 0 Å². The normalized spacial score (nSPS) is 13.3. The molecule has 1 aromatic carbocycles. The molecule has 1 atom stereocenters. The Morgan fingerprint density at radius 2 is 2.10 bits per heavy atom. The predicted molar refractivity (Wildman–Crippen MR) is 88.8 cm³/mol. The van der Waals surface area contributed by atoms with Gasteiger partial charge >= 0.3 is 0 Å². The Morgan fingerprint density at radius 3 is 2.70 bits per heavy atom. The molecule has 0 amide bonds. The summed E-state index contributed by atoms with van der Waals surface area (Å²) in [5.74, 6) is 1.03. The minimum atomic E-state index is -2.84. The third-order valence-corrected chi connectivity index (χ3v) is 5.70. The van der Waals surface area contributed by atoms with Crippen molar-refractivity contribution in [2.75, 3.05) is 25.1 Å². The van der Waals surface area contributed by atoms with Crippen LogP contribution in [-0.4, -0.2) is 33.5 Å². The van der Waals surface area contributed by atoms with Crippen molar-refractivity contribution >= 4 is 25.8 Å². The second-order valence-corrected chi connectivity index (χ2v) is 8.52. The maximum atomic E-state index is 11.5. The summed E-state index contributed by atoms with van der Waals surface area (Å²) in [6, 6.07) is 8.31. The maximum Gasteiger partial charge on any atom is 0.150 e. The van der Waals surface area contributed by atoms with Gasteiger partial charge in [0.15, 0.2) is 0 Å². The van der Waals surface area contributed by atoms with Gasteiger partial charge in [-0.3, -0.25) is 0 Å². The second-order valence-electron chi connectivity index (χ2n) is 5.14. The fourth-order valence-corrected chi connectivity index (χ4v) is 3.64. The second kappa shape index (κ2) is 8.80. The Kier molecular flexibility index (Phi) is 7.77. The van der Waals surface area contributed by atoms with Crippen LogP contribution < -0.4 is 5.32 Å². The Morgan fingerprint density at radius 1 is 1.35 bits per heavy atom. The Bertz CT molecular complexity index is 502. The van der Waals surface area contributed by atoms with E-state index in [4.69, 9.17) is 0 Å². The van der Waals surface area contributed by atoms with Crippen molar-refractivity contribution in [1.82, 2.24) is 5.32 Å². The number of halogens is 1. The van der Waals surface area contributed by atoms with E-state index in [2.05, 4.69) is 33.4 Å². The van der Waals surface area contributed by atoms with Gasteiger partial charge in [-0.2, -0.15) is 0 Å². The largest absolute Gasteiger partial charge is 0.319 e. The van der Waals surface area contributed by atoms with Gasteiger partial charge in [0.05, 0.1) is 5.75 Å². The molecule has 0 aromatic heterocycles. The molecule has 0 fully saturated rings. The summed E-state index contributed by atoms with van der Waals surface area (Å²) in [4.78, 5) is 0. The molecular weight excluding hydrogens is 338 g/mol. The van der Waals surface area contributed by atoms with Crippen molar-refractivity contribution in [1.29, 1.82) is 0 Å². The Labute approximate surface area is 131 Å². The lowest BCUT2D eigenvalue weighted by Crippen LogP contribution is -2.22. The summed E-state index contributed by atoms with van der Waals surface area (Å²) in [6.07, 6.45) is 2.66. The quantitative estimate of drug-likeness (QED) is 0.735. The van der Waals surface area contributed by atoms with Crippen molar-refractivity contribution in [3.63, 3.8) is 0 Å². The van der Waals surface area contributed by atoms with E-state index < -0.39 is 9.84 Å². The fraction of sp³-hybridized carbons (Fsp3) is 0.600. The van der Waals surface area contributed by atoms with E-state index in [1.807, 2.05) is 19.2 Å². The third-order valence-electron chi connectivity index (χ3n) is 3.41. The molecule has 0 heterocycles. The summed E-state index contributed by atoms with van der Waals surface area (Å²) in [7, 11) is -0.896. The number of hydrogen-bond acceptors (Lipinski definition) is 3. The molecule has 3 nitrogen and oxygen atoms in total. The van der Waals surface area contributed by atoms with E-state index in [0.717, 1.165) is 30.3 Å². The number of rotatable bonds is 9. The van der Waals surface area contributed by atoms with E-state index in [1.165, 1.54) is 5.56 Å². The van der Waals surface area contributed by atoms with Crippen LogP contribution in [-0.2, 0) is 16.3 Å². The van der Waals surface area contributed by atoms with E-state index in [1.54, 1.807) is 6.92 Å². The average molecular weight is 362 g/mol. The SMILES string of the molecule is CCS(=O)(=O)CCCC(CNC)Cc1cccc(Br)c1. The summed E-state index contributed by atoms with van der Waals surface area (Å²) in [6.45, 7) is 2.63. The molecule has 0 bridgehead atoms. The molecule has 114 valence electrons. The van der Waals surface area contributed by atoms with Crippen LogP contribution in [0.2, 0.25) is 0 Å². The lowest BCUT2D eigenvalue weighted by Gasteiger charge is -2.16. The van der Waals surface area contributed by atoms with Gasteiger partial charge in [0.1, 0.15) is 9.84 Å². The zero-order valence-electron chi connectivity index (χ0n) is 12.2. The van der Waals surface area contributed by atoms with Crippen molar-refractivity contribution in [2.45, 2.75) is 26.2 Å². The number of hydrogen-bond donors (Lipinski definition) is 1. The van der Waals surface area contributed by atoms with Gasteiger partial charge in [-0.05, 0) is 56.5 Å². The molecular formula is C15H24BrNO2S. The summed E-state index contributed by atoms with van der Waals surface area (Å²) >= 11 is 3.48. The highest BCUT2D eigenvalue weighted by Crippen LogP contribution is 2.18. The van der Waals surface area contributed by atoms with Crippen LogP contribution in [0.3, 0.4) is 0 Å². The van der Waals surface area contributed by atoms with E-state index in [9.17, 15) is 8.42 Å². The third kappa shape index (κ3) is 6.86. The standard InChI is InChI=1S/C15H24BrNO2S/c1-3-20(18,19)9-5-7-14(12-17-2)10-13-6-4-8-15(16)11-13/h4,6,8,11,14,17H,3,5,7,9-10,12H2,1-2H3. The van der Waals surface area contributed by atoms with E-state index in [-0.39, 0.29) is 5.75 Å². The van der Waals surface area contributed by atoms with Crippen LogP contribution in [0, 0.1) is 5.92 Å². The van der Waals surface area contributed by atoms with Crippen LogP contribution in [0.1, 0.15) is 25.3 Å². The van der Waals surface area contributed by atoms with Gasteiger partial charge in [0, 0.05) is 10.2 Å². The van der Waals surface area contributed by atoms with Crippen LogP contribution in [0.4, 0.5) is 0 Å². The fourth-order valence-electron chi connectivity index (χ4n) is 2.30. The minimum Gasteiger partial charge on any atom is -0.319 e. The highest BCUT2D eigenvalue weighted by molar-refractivity contribution is 9.10. The highest BCUT2D eigenvalue weighted by Gasteiger charge is 2.12. The molecule has 0 aliphatic carbocycles. The van der Waals surface area contributed by atoms with Gasteiger partial charge in [-0.1, -0.05) is 35.0 Å². The first-order valence-corrected chi connectivity index (χ1v) is 9.67. The molecule has 0 saturated heterocycles. The molecule has 0 spiro atoms. The zero-order valence-corrected chi connectivity index (χ0v) is 14.6. The lowest BCUT2D eigenvalue weighted by atomic mass is 9.95. The van der Waals surface area contributed by atoms with Crippen LogP contribution in [0.15, 0.2) is 28.7 Å². The average Bonchev–Trinajstić information content (AvgIpc) is 2.39. The first kappa shape index (κ1) is 17.7. The Hall–Kier alpha value is -0.390. The number of benzene rings is 1. The first-order chi connectivity index (χ1) is 9.46. The topological polar surface area (TPSA) is 46.2 Å². The summed E-state index contributed by atoms with van der Waals surface area (Å²) in [5.41, 5.74) is 1.29. The highest BCUT2D eigenvalue weighted by atomic mass is 79.9. The van der Waals surface area contributed by atoms with E-state index in [0.29, 0.717) is 11.7 Å². The van der Waals surface area contributed by atoms with Gasteiger partial charge in [0.2, 0.25) is 0 Å². The molecule has 0 saturated carbocycles. The molecule has 1 N–H and O–H groups in total. The first-order valence-electron chi connectivity index (χ1n) is 7.06. The summed E-state index contributed by atoms with van der Waals surface area (Å²) in [5, 5.41) is 3.20. The monoisotopic (exact) mass is 361 g/mol. The lowest BCUT2D eigenvalue weighted by molar-refractivity contribution is 0.455. The van der Waals surface area contributed by atoms with Gasteiger partial charge in [-0.15, -0.1) is 0 Å². The van der Waals surface area contributed by atoms with Gasteiger partial charge < -0.3 is 5.32 Å². The number of nitrogens with one attached hydrogen (secondary N) is 1. The molecule has 0 radical (unpaired) electrons. The van der Waals surface area contributed by atoms with Crippen LogP contribution >= 0.6 is 15.9 Å². The zero-order chi connectivity index (χ0) is 15.0. The van der Waals surface area contributed by atoms with Crippen molar-refractivity contribution in [3.05, 3.63) is 34.3 Å². The maximum absolute atomic E-state index is 11.5. The summed E-state index contributed by atoms with van der Waals surface area (Å²) < 4.78 is 24.1. The minimum absolute atomic E-state index is 0.245. The van der Waals surface area contributed by atoms with Crippen molar-refractivity contribution in [3.8, 4) is 0 Å². The van der Waals surface area contributed by atoms with Crippen LogP contribution in [0.25, 0.3) is 0 Å². The molecule has 1 aromatic rings. The predicted octanol–water partition coefficient (Wildman–Crippen LogP) is 3.04. The number of sulfone groups is 1. The molecule has 0 aliphatic heterocycles. The molecule has 1 unspecified atom stereocenters. The Balaban J connectivity index is 2.52. The van der Waals surface area contributed by atoms with Crippen molar-refractivity contribution < 1.29 is 8.42 Å². The smallest absolute Gasteiger partial charge is 0.150 e.